The summed E-state index contributed by atoms with van der Waals surface area (Å²) in [6.45, 7) is 2.36. The highest BCUT2D eigenvalue weighted by Crippen LogP contribution is 2.43. The van der Waals surface area contributed by atoms with E-state index in [1.807, 2.05) is 4.90 Å². The van der Waals surface area contributed by atoms with Gasteiger partial charge in [0.25, 0.3) is 11.2 Å². The molecular weight excluding hydrogens is 332 g/mol. The number of nitro benzene ring substituents is 1. The van der Waals surface area contributed by atoms with Gasteiger partial charge in [0.05, 0.1) is 18.1 Å². The molecule has 0 bridgehead atoms. The van der Waals surface area contributed by atoms with Crippen molar-refractivity contribution in [2.45, 2.75) is 6.10 Å². The van der Waals surface area contributed by atoms with E-state index in [1.54, 1.807) is 6.07 Å². The van der Waals surface area contributed by atoms with E-state index >= 15 is 0 Å². The van der Waals surface area contributed by atoms with Gasteiger partial charge in [0, 0.05) is 36.5 Å². The Balaban J connectivity index is 1.82. The lowest BCUT2D eigenvalue weighted by molar-refractivity contribution is -0.384. The highest BCUT2D eigenvalue weighted by atomic mass is 16.6. The number of H-pyrrole nitrogens is 2. The SMILES string of the molecule is O=c1[nH]c2c(c(=O)[nH]1)C(c1cc([N+](=O)[O-])ccc1N1CCOCC1)O2. The summed E-state index contributed by atoms with van der Waals surface area (Å²) in [5.74, 6) is 0.0955. The number of nitrogens with one attached hydrogen (secondary N) is 2. The van der Waals surface area contributed by atoms with Gasteiger partial charge in [0.15, 0.2) is 6.10 Å². The predicted molar refractivity (Wildman–Crippen MR) is 86.3 cm³/mol. The van der Waals surface area contributed by atoms with Crippen molar-refractivity contribution in [1.82, 2.24) is 9.97 Å². The van der Waals surface area contributed by atoms with Crippen molar-refractivity contribution in [3.05, 3.63) is 60.3 Å². The number of ether oxygens (including phenoxy) is 2. The molecule has 1 unspecified atom stereocenters. The molecule has 4 rings (SSSR count). The van der Waals surface area contributed by atoms with Crippen molar-refractivity contribution < 1.29 is 14.4 Å². The number of hydrogen-bond acceptors (Lipinski definition) is 7. The summed E-state index contributed by atoms with van der Waals surface area (Å²) in [6.07, 6.45) is -0.770. The fourth-order valence-electron chi connectivity index (χ4n) is 3.10. The van der Waals surface area contributed by atoms with E-state index in [2.05, 4.69) is 9.97 Å². The van der Waals surface area contributed by atoms with Crippen LogP contribution in [0.2, 0.25) is 0 Å². The van der Waals surface area contributed by atoms with E-state index in [1.165, 1.54) is 12.1 Å². The zero-order valence-corrected chi connectivity index (χ0v) is 13.0. The van der Waals surface area contributed by atoms with Crippen LogP contribution in [0.3, 0.4) is 0 Å². The maximum atomic E-state index is 12.1. The normalized spacial score (nSPS) is 18.9. The molecule has 1 aromatic carbocycles. The van der Waals surface area contributed by atoms with Crippen LogP contribution in [0, 0.1) is 10.1 Å². The second-order valence-corrected chi connectivity index (χ2v) is 5.75. The molecule has 2 aliphatic rings. The van der Waals surface area contributed by atoms with E-state index in [0.29, 0.717) is 31.9 Å². The van der Waals surface area contributed by atoms with E-state index in [9.17, 15) is 19.7 Å². The second-order valence-electron chi connectivity index (χ2n) is 5.75. The van der Waals surface area contributed by atoms with E-state index in [4.69, 9.17) is 9.47 Å². The first-order valence-corrected chi connectivity index (χ1v) is 7.69. The van der Waals surface area contributed by atoms with Gasteiger partial charge in [0.2, 0.25) is 5.88 Å². The quantitative estimate of drug-likeness (QED) is 0.603. The van der Waals surface area contributed by atoms with Gasteiger partial charge in [-0.15, -0.1) is 0 Å². The number of aromatic nitrogens is 2. The van der Waals surface area contributed by atoms with E-state index in [0.717, 1.165) is 5.69 Å². The average Bonchev–Trinajstić information content (AvgIpc) is 2.57. The summed E-state index contributed by atoms with van der Waals surface area (Å²) >= 11 is 0. The number of aromatic amines is 2. The minimum atomic E-state index is -0.770. The van der Waals surface area contributed by atoms with E-state index < -0.39 is 22.3 Å². The zero-order valence-electron chi connectivity index (χ0n) is 13.0. The van der Waals surface area contributed by atoms with Gasteiger partial charge in [-0.3, -0.25) is 24.9 Å². The lowest BCUT2D eigenvalue weighted by atomic mass is 9.96. The van der Waals surface area contributed by atoms with Crippen molar-refractivity contribution in [3.8, 4) is 5.88 Å². The fourth-order valence-corrected chi connectivity index (χ4v) is 3.10. The molecule has 2 N–H and O–H groups in total. The first-order chi connectivity index (χ1) is 12.0. The second kappa shape index (κ2) is 5.74. The molecule has 0 spiro atoms. The summed E-state index contributed by atoms with van der Waals surface area (Å²) in [7, 11) is 0. The molecule has 1 aromatic heterocycles. The number of anilines is 1. The number of morpholine rings is 1. The Morgan fingerprint density at radius 3 is 2.64 bits per heavy atom. The van der Waals surface area contributed by atoms with Crippen LogP contribution in [0.15, 0.2) is 27.8 Å². The summed E-state index contributed by atoms with van der Waals surface area (Å²) < 4.78 is 10.9. The predicted octanol–water partition coefficient (Wildman–Crippen LogP) is 0.290. The molecule has 10 nitrogen and oxygen atoms in total. The number of fused-ring (bicyclic) bond motifs is 1. The van der Waals surface area contributed by atoms with Crippen molar-refractivity contribution in [2.75, 3.05) is 31.2 Å². The number of benzene rings is 1. The third kappa shape index (κ3) is 2.56. The summed E-state index contributed by atoms with van der Waals surface area (Å²) in [5, 5.41) is 11.1. The van der Waals surface area contributed by atoms with Gasteiger partial charge in [-0.25, -0.2) is 4.79 Å². The Bertz CT molecular complexity index is 959. The molecule has 1 fully saturated rings. The number of nitrogens with zero attached hydrogens (tertiary/aromatic N) is 2. The van der Waals surface area contributed by atoms with Gasteiger partial charge in [-0.1, -0.05) is 0 Å². The Hall–Kier alpha value is -3.14. The summed E-state index contributed by atoms with van der Waals surface area (Å²) in [5.41, 5.74) is 0.208. The van der Waals surface area contributed by atoms with Crippen LogP contribution < -0.4 is 20.9 Å². The van der Waals surface area contributed by atoms with Crippen LogP contribution >= 0.6 is 0 Å². The van der Waals surface area contributed by atoms with Crippen LogP contribution in [0.25, 0.3) is 0 Å². The number of non-ortho nitro benzene ring substituents is 1. The largest absolute Gasteiger partial charge is 0.465 e. The van der Waals surface area contributed by atoms with Crippen LogP contribution in [0.5, 0.6) is 5.88 Å². The van der Waals surface area contributed by atoms with Crippen molar-refractivity contribution in [1.29, 1.82) is 0 Å². The Morgan fingerprint density at radius 2 is 1.96 bits per heavy atom. The van der Waals surface area contributed by atoms with Crippen molar-refractivity contribution in [2.24, 2.45) is 0 Å². The topological polar surface area (TPSA) is 131 Å². The van der Waals surface area contributed by atoms with Crippen LogP contribution in [0.4, 0.5) is 11.4 Å². The maximum absolute atomic E-state index is 12.1. The third-order valence-corrected chi connectivity index (χ3v) is 4.30. The summed E-state index contributed by atoms with van der Waals surface area (Å²) in [6, 6.07) is 4.48. The Labute approximate surface area is 140 Å². The van der Waals surface area contributed by atoms with E-state index in [-0.39, 0.29) is 17.1 Å². The smallest absolute Gasteiger partial charge is 0.328 e. The number of nitro groups is 1. The average molecular weight is 346 g/mol. The van der Waals surface area contributed by atoms with Gasteiger partial charge in [-0.2, -0.15) is 0 Å². The zero-order chi connectivity index (χ0) is 17.6. The highest BCUT2D eigenvalue weighted by Gasteiger charge is 2.37. The minimum Gasteiger partial charge on any atom is -0.465 e. The highest BCUT2D eigenvalue weighted by molar-refractivity contribution is 5.62. The third-order valence-electron chi connectivity index (χ3n) is 4.30. The molecule has 0 radical (unpaired) electrons. The first-order valence-electron chi connectivity index (χ1n) is 7.69. The molecule has 10 heteroatoms. The molecule has 2 aliphatic heterocycles. The molecule has 0 saturated carbocycles. The number of hydrogen-bond donors (Lipinski definition) is 2. The van der Waals surface area contributed by atoms with Crippen LogP contribution in [-0.4, -0.2) is 41.2 Å². The molecule has 3 heterocycles. The van der Waals surface area contributed by atoms with Gasteiger partial charge >= 0.3 is 5.69 Å². The molecule has 1 saturated heterocycles. The standard InChI is InChI=1S/C15H14N4O6/c20-13-11-12(25-14(11)17-15(21)16-13)9-7-8(19(22)23)1-2-10(9)18-3-5-24-6-4-18/h1-2,7,12H,3-6H2,(H2,16,17,20,21). The fraction of sp³-hybridized carbons (Fsp3) is 0.333. The molecule has 0 aliphatic carbocycles. The summed E-state index contributed by atoms with van der Waals surface area (Å²) in [4.78, 5) is 40.6. The molecule has 0 amide bonds. The Kier molecular flexibility index (Phi) is 3.53. The van der Waals surface area contributed by atoms with Gasteiger partial charge in [0.1, 0.15) is 5.56 Å². The molecule has 130 valence electrons. The molecule has 25 heavy (non-hydrogen) atoms. The number of rotatable bonds is 3. The van der Waals surface area contributed by atoms with Crippen LogP contribution in [-0.2, 0) is 4.74 Å². The lowest BCUT2D eigenvalue weighted by Gasteiger charge is -2.35. The lowest BCUT2D eigenvalue weighted by Crippen LogP contribution is -2.39. The molecule has 2 aromatic rings. The monoisotopic (exact) mass is 346 g/mol. The molecular formula is C15H14N4O6. The molecule has 1 atom stereocenters. The minimum absolute atomic E-state index is 0.0927. The van der Waals surface area contributed by atoms with Gasteiger partial charge in [-0.05, 0) is 6.07 Å². The van der Waals surface area contributed by atoms with Crippen molar-refractivity contribution >= 4 is 11.4 Å². The first kappa shape index (κ1) is 15.4. The van der Waals surface area contributed by atoms with Crippen molar-refractivity contribution in [3.63, 3.8) is 0 Å². The maximum Gasteiger partial charge on any atom is 0.328 e. The van der Waals surface area contributed by atoms with Gasteiger partial charge < -0.3 is 14.4 Å². The Morgan fingerprint density at radius 1 is 1.20 bits per heavy atom. The van der Waals surface area contributed by atoms with Crippen LogP contribution in [0.1, 0.15) is 17.2 Å².